The Bertz CT molecular complexity index is 558. The van der Waals surface area contributed by atoms with Gasteiger partial charge in [0.05, 0.1) is 17.4 Å². The monoisotopic (exact) mass is 310 g/mol. The van der Waals surface area contributed by atoms with Crippen LogP contribution < -0.4 is 11.1 Å². The molecule has 3 N–H and O–H groups in total. The molecule has 5 nitrogen and oxygen atoms in total. The largest absolute Gasteiger partial charge is 0.353 e. The van der Waals surface area contributed by atoms with Crippen LogP contribution in [0, 0.1) is 5.92 Å². The lowest BCUT2D eigenvalue weighted by Crippen LogP contribution is -2.45. The van der Waals surface area contributed by atoms with Crippen LogP contribution in [-0.2, 0) is 21.1 Å². The van der Waals surface area contributed by atoms with E-state index in [4.69, 9.17) is 5.73 Å². The van der Waals surface area contributed by atoms with Crippen LogP contribution in [0.1, 0.15) is 18.4 Å². The van der Waals surface area contributed by atoms with Gasteiger partial charge in [0.1, 0.15) is 9.84 Å². The second-order valence-corrected chi connectivity index (χ2v) is 7.86. The number of carbonyl (C=O) groups is 1. The summed E-state index contributed by atoms with van der Waals surface area (Å²) in [6, 6.07) is 9.71. The molecule has 21 heavy (non-hydrogen) atoms. The van der Waals surface area contributed by atoms with E-state index in [-0.39, 0.29) is 35.9 Å². The third-order valence-corrected chi connectivity index (χ3v) is 5.60. The maximum absolute atomic E-state index is 12.3. The Kier molecular flexibility index (Phi) is 5.36. The molecule has 0 aromatic heterocycles. The van der Waals surface area contributed by atoms with Crippen molar-refractivity contribution in [2.24, 2.45) is 11.7 Å². The first-order valence-corrected chi connectivity index (χ1v) is 9.07. The minimum absolute atomic E-state index is 0.0501. The highest BCUT2D eigenvalue weighted by atomic mass is 32.2. The number of hydrogen-bond acceptors (Lipinski definition) is 4. The molecule has 0 aliphatic carbocycles. The highest BCUT2D eigenvalue weighted by Crippen LogP contribution is 2.14. The van der Waals surface area contributed by atoms with E-state index in [0.717, 1.165) is 5.56 Å². The maximum Gasteiger partial charge on any atom is 0.224 e. The summed E-state index contributed by atoms with van der Waals surface area (Å²) in [5, 5.41) is 2.94. The highest BCUT2D eigenvalue weighted by Gasteiger charge is 2.26. The van der Waals surface area contributed by atoms with E-state index < -0.39 is 9.84 Å². The quantitative estimate of drug-likeness (QED) is 0.828. The number of rotatable bonds is 5. The number of nitrogens with two attached hydrogens (primary N) is 1. The molecule has 1 fully saturated rings. The van der Waals surface area contributed by atoms with Crippen molar-refractivity contribution in [2.45, 2.75) is 25.3 Å². The molecule has 1 saturated heterocycles. The summed E-state index contributed by atoms with van der Waals surface area (Å²) in [4.78, 5) is 12.3. The molecule has 1 unspecified atom stereocenters. The van der Waals surface area contributed by atoms with Gasteiger partial charge in [-0.1, -0.05) is 30.3 Å². The Labute approximate surface area is 125 Å². The van der Waals surface area contributed by atoms with E-state index in [0.29, 0.717) is 19.3 Å². The Hall–Kier alpha value is -1.40. The van der Waals surface area contributed by atoms with Crippen LogP contribution in [0.3, 0.4) is 0 Å². The van der Waals surface area contributed by atoms with Crippen LogP contribution >= 0.6 is 0 Å². The molecule has 2 rings (SSSR count). The van der Waals surface area contributed by atoms with Crippen LogP contribution in [0.15, 0.2) is 30.3 Å². The summed E-state index contributed by atoms with van der Waals surface area (Å²) < 4.78 is 22.8. The number of carbonyl (C=O) groups excluding carboxylic acids is 1. The van der Waals surface area contributed by atoms with Crippen molar-refractivity contribution in [1.82, 2.24) is 5.32 Å². The van der Waals surface area contributed by atoms with Gasteiger partial charge in [-0.25, -0.2) is 8.42 Å². The maximum atomic E-state index is 12.3. The molecule has 1 aromatic rings. The zero-order chi connectivity index (χ0) is 15.3. The molecule has 1 aromatic carbocycles. The molecule has 1 aliphatic rings. The smallest absolute Gasteiger partial charge is 0.224 e. The first kappa shape index (κ1) is 16.0. The van der Waals surface area contributed by atoms with Crippen molar-refractivity contribution in [3.05, 3.63) is 35.9 Å². The van der Waals surface area contributed by atoms with Gasteiger partial charge in [0.25, 0.3) is 0 Å². The Balaban J connectivity index is 1.89. The van der Waals surface area contributed by atoms with E-state index in [1.54, 1.807) is 0 Å². The molecule has 1 amide bonds. The van der Waals surface area contributed by atoms with Crippen LogP contribution in [0.5, 0.6) is 0 Å². The third-order valence-electron chi connectivity index (χ3n) is 3.88. The highest BCUT2D eigenvalue weighted by molar-refractivity contribution is 7.91. The predicted molar refractivity (Wildman–Crippen MR) is 82.5 cm³/mol. The average molecular weight is 310 g/mol. The fraction of sp³-hybridized carbons (Fsp3) is 0.533. The van der Waals surface area contributed by atoms with Crippen LogP contribution in [0.2, 0.25) is 0 Å². The van der Waals surface area contributed by atoms with Crippen LogP contribution in [0.25, 0.3) is 0 Å². The van der Waals surface area contributed by atoms with E-state index in [9.17, 15) is 13.2 Å². The molecule has 0 saturated carbocycles. The summed E-state index contributed by atoms with van der Waals surface area (Å²) in [6.45, 7) is 0.283. The molecule has 116 valence electrons. The van der Waals surface area contributed by atoms with Crippen molar-refractivity contribution in [3.8, 4) is 0 Å². The lowest BCUT2D eigenvalue weighted by atomic mass is 9.98. The number of nitrogens with one attached hydrogen (secondary N) is 1. The second kappa shape index (κ2) is 7.04. The number of sulfone groups is 1. The summed E-state index contributed by atoms with van der Waals surface area (Å²) in [6.07, 6.45) is 1.60. The first-order chi connectivity index (χ1) is 10.00. The van der Waals surface area contributed by atoms with E-state index in [1.807, 2.05) is 30.3 Å². The van der Waals surface area contributed by atoms with Crippen molar-refractivity contribution in [2.75, 3.05) is 18.1 Å². The third kappa shape index (κ3) is 4.82. The SMILES string of the molecule is NCC(Cc1ccccc1)C(=O)NC1CCS(=O)(=O)CC1. The minimum atomic E-state index is -2.90. The number of amides is 1. The first-order valence-electron chi connectivity index (χ1n) is 7.25. The van der Waals surface area contributed by atoms with Crippen LogP contribution in [-0.4, -0.2) is 38.4 Å². The molecular weight excluding hydrogens is 288 g/mol. The Morgan fingerprint density at radius 1 is 1.24 bits per heavy atom. The molecule has 1 aliphatic heterocycles. The molecule has 0 bridgehead atoms. The summed E-state index contributed by atoms with van der Waals surface area (Å²) in [7, 11) is -2.90. The van der Waals surface area contributed by atoms with Crippen molar-refractivity contribution >= 4 is 15.7 Å². The zero-order valence-corrected chi connectivity index (χ0v) is 12.8. The fourth-order valence-electron chi connectivity index (χ4n) is 2.54. The van der Waals surface area contributed by atoms with Gasteiger partial charge in [-0.3, -0.25) is 4.79 Å². The second-order valence-electron chi connectivity index (χ2n) is 5.56. The predicted octanol–water partition coefficient (Wildman–Crippen LogP) is 0.497. The summed E-state index contributed by atoms with van der Waals surface area (Å²) >= 11 is 0. The Morgan fingerprint density at radius 2 is 1.86 bits per heavy atom. The lowest BCUT2D eigenvalue weighted by molar-refractivity contribution is -0.125. The molecular formula is C15H22N2O3S. The number of benzene rings is 1. The molecule has 1 atom stereocenters. The normalized spacial score (nSPS) is 19.9. The van der Waals surface area contributed by atoms with Crippen LogP contribution in [0.4, 0.5) is 0 Å². The standard InChI is InChI=1S/C15H22N2O3S/c16-11-13(10-12-4-2-1-3-5-12)15(18)17-14-6-8-21(19,20)9-7-14/h1-5,13-14H,6-11,16H2,(H,17,18). The van der Waals surface area contributed by atoms with E-state index in [1.165, 1.54) is 0 Å². The van der Waals surface area contributed by atoms with Gasteiger partial charge < -0.3 is 11.1 Å². The molecule has 1 heterocycles. The van der Waals surface area contributed by atoms with Gasteiger partial charge in [0, 0.05) is 12.6 Å². The average Bonchev–Trinajstić information content (AvgIpc) is 2.48. The van der Waals surface area contributed by atoms with Gasteiger partial charge in [-0.2, -0.15) is 0 Å². The van der Waals surface area contributed by atoms with E-state index >= 15 is 0 Å². The topological polar surface area (TPSA) is 89.3 Å². The number of hydrogen-bond donors (Lipinski definition) is 2. The Morgan fingerprint density at radius 3 is 2.43 bits per heavy atom. The van der Waals surface area contributed by atoms with Crippen molar-refractivity contribution < 1.29 is 13.2 Å². The van der Waals surface area contributed by atoms with Gasteiger partial charge in [0.15, 0.2) is 0 Å². The molecule has 6 heteroatoms. The van der Waals surface area contributed by atoms with Crippen molar-refractivity contribution in [3.63, 3.8) is 0 Å². The van der Waals surface area contributed by atoms with Gasteiger partial charge >= 0.3 is 0 Å². The minimum Gasteiger partial charge on any atom is -0.353 e. The van der Waals surface area contributed by atoms with Gasteiger partial charge in [0.2, 0.25) is 5.91 Å². The lowest BCUT2D eigenvalue weighted by Gasteiger charge is -2.25. The van der Waals surface area contributed by atoms with E-state index in [2.05, 4.69) is 5.32 Å². The van der Waals surface area contributed by atoms with Gasteiger partial charge in [-0.15, -0.1) is 0 Å². The zero-order valence-electron chi connectivity index (χ0n) is 12.0. The summed E-state index contributed by atoms with van der Waals surface area (Å²) in [5.41, 5.74) is 6.79. The summed E-state index contributed by atoms with van der Waals surface area (Å²) in [5.74, 6) is -0.0370. The molecule has 0 spiro atoms. The fourth-order valence-corrected chi connectivity index (χ4v) is 4.03. The van der Waals surface area contributed by atoms with Crippen molar-refractivity contribution in [1.29, 1.82) is 0 Å². The molecule has 0 radical (unpaired) electrons. The van der Waals surface area contributed by atoms with Gasteiger partial charge in [-0.05, 0) is 24.8 Å².